The van der Waals surface area contributed by atoms with Crippen molar-refractivity contribution in [2.75, 3.05) is 11.5 Å². The molecule has 0 spiro atoms. The van der Waals surface area contributed by atoms with Crippen LogP contribution in [0, 0.1) is 0 Å². The number of aliphatic carboxylic acids is 1. The van der Waals surface area contributed by atoms with Crippen molar-refractivity contribution in [3.63, 3.8) is 0 Å². The molecular formula is C18H18N6O4S2. The van der Waals surface area contributed by atoms with Gasteiger partial charge in [0.25, 0.3) is 5.91 Å². The topological polar surface area (TPSA) is 140 Å². The predicted molar refractivity (Wildman–Crippen MR) is 110 cm³/mol. The quantitative estimate of drug-likeness (QED) is 0.365. The van der Waals surface area contributed by atoms with E-state index < -0.39 is 29.3 Å². The molecule has 3 amide bonds. The maximum absolute atomic E-state index is 12.6. The lowest BCUT2D eigenvalue weighted by Gasteiger charge is -2.49. The number of hydrogen-bond acceptors (Lipinski definition) is 7. The van der Waals surface area contributed by atoms with Gasteiger partial charge in [0, 0.05) is 18.1 Å². The summed E-state index contributed by atoms with van der Waals surface area (Å²) in [6.45, 7) is 0.333. The molecule has 3 heterocycles. The van der Waals surface area contributed by atoms with Crippen LogP contribution in [0.1, 0.15) is 5.56 Å². The number of H-pyrrole nitrogens is 1. The van der Waals surface area contributed by atoms with Crippen molar-refractivity contribution >= 4 is 41.4 Å². The molecule has 12 heteroatoms. The number of rotatable bonds is 7. The number of carbonyl (C=O) groups is 3. The SMILES string of the molecule is O=C(NCc1ccccc1)NC1C(=O)N2C(C(=O)O)=C(CSc3cnn[nH]3)CS[C@@H]12. The number of carboxylic acid groups (broad SMARTS) is 1. The van der Waals surface area contributed by atoms with E-state index in [0.29, 0.717) is 28.6 Å². The molecule has 4 rings (SSSR count). The van der Waals surface area contributed by atoms with Crippen molar-refractivity contribution in [3.05, 3.63) is 53.4 Å². The minimum atomic E-state index is -1.15. The molecule has 1 aromatic carbocycles. The third-order valence-electron chi connectivity index (χ3n) is 4.63. The second-order valence-corrected chi connectivity index (χ2v) is 8.69. The van der Waals surface area contributed by atoms with Crippen LogP contribution in [-0.4, -0.2) is 66.2 Å². The molecule has 2 aliphatic rings. The standard InChI is InChI=1S/C18H18N6O4S2/c25-15-13(21-18(28)19-6-10-4-2-1-3-5-10)16-24(15)14(17(26)27)11(9-30-16)8-29-12-7-20-23-22-12/h1-5,7,13,16H,6,8-9H2,(H,26,27)(H2,19,21,28)(H,20,22,23)/t13?,16-/m0/s1. The summed E-state index contributed by atoms with van der Waals surface area (Å²) >= 11 is 2.80. The van der Waals surface area contributed by atoms with Crippen molar-refractivity contribution in [3.8, 4) is 0 Å². The summed E-state index contributed by atoms with van der Waals surface area (Å²) < 4.78 is 0. The summed E-state index contributed by atoms with van der Waals surface area (Å²) in [5, 5.41) is 25.3. The number of nitrogens with one attached hydrogen (secondary N) is 3. The summed E-state index contributed by atoms with van der Waals surface area (Å²) in [5.41, 5.74) is 1.57. The van der Waals surface area contributed by atoms with Gasteiger partial charge in [-0.25, -0.2) is 9.59 Å². The lowest BCUT2D eigenvalue weighted by atomic mass is 10.0. The highest BCUT2D eigenvalue weighted by molar-refractivity contribution is 8.01. The molecule has 1 saturated heterocycles. The van der Waals surface area contributed by atoms with Gasteiger partial charge < -0.3 is 15.7 Å². The molecule has 1 unspecified atom stereocenters. The van der Waals surface area contributed by atoms with E-state index in [1.54, 1.807) is 6.20 Å². The third-order valence-corrected chi connectivity index (χ3v) is 6.97. The lowest BCUT2D eigenvalue weighted by molar-refractivity contribution is -0.148. The van der Waals surface area contributed by atoms with E-state index in [2.05, 4.69) is 26.0 Å². The lowest BCUT2D eigenvalue weighted by Crippen LogP contribution is -2.71. The van der Waals surface area contributed by atoms with Gasteiger partial charge in [-0.05, 0) is 11.1 Å². The van der Waals surface area contributed by atoms with Gasteiger partial charge >= 0.3 is 12.0 Å². The van der Waals surface area contributed by atoms with Crippen molar-refractivity contribution in [2.24, 2.45) is 0 Å². The molecule has 10 nitrogen and oxygen atoms in total. The molecule has 0 aliphatic carbocycles. The fourth-order valence-electron chi connectivity index (χ4n) is 3.19. The van der Waals surface area contributed by atoms with Gasteiger partial charge in [-0.1, -0.05) is 35.5 Å². The fourth-order valence-corrected chi connectivity index (χ4v) is 5.46. The van der Waals surface area contributed by atoms with Crippen LogP contribution in [0.2, 0.25) is 0 Å². The molecule has 1 fully saturated rings. The first-order valence-electron chi connectivity index (χ1n) is 9.01. The first-order chi connectivity index (χ1) is 14.5. The Labute approximate surface area is 179 Å². The Bertz CT molecular complexity index is 982. The van der Waals surface area contributed by atoms with Crippen LogP contribution in [0.4, 0.5) is 4.79 Å². The molecule has 0 bridgehead atoms. The fraction of sp³-hybridized carbons (Fsp3) is 0.278. The van der Waals surface area contributed by atoms with Crippen molar-refractivity contribution < 1.29 is 19.5 Å². The second kappa shape index (κ2) is 8.79. The Hall–Kier alpha value is -2.99. The zero-order valence-electron chi connectivity index (χ0n) is 15.6. The monoisotopic (exact) mass is 446 g/mol. The Kier molecular flexibility index (Phi) is 5.95. The highest BCUT2D eigenvalue weighted by atomic mass is 32.2. The van der Waals surface area contributed by atoms with Crippen LogP contribution >= 0.6 is 23.5 Å². The smallest absolute Gasteiger partial charge is 0.352 e. The molecule has 4 N–H and O–H groups in total. The minimum absolute atomic E-state index is 0.00790. The predicted octanol–water partition coefficient (Wildman–Crippen LogP) is 1.02. The number of amides is 3. The van der Waals surface area contributed by atoms with Crippen LogP contribution in [0.3, 0.4) is 0 Å². The van der Waals surface area contributed by atoms with E-state index in [1.165, 1.54) is 28.4 Å². The van der Waals surface area contributed by atoms with E-state index in [0.717, 1.165) is 5.56 Å². The molecule has 2 atom stereocenters. The molecule has 0 saturated carbocycles. The van der Waals surface area contributed by atoms with E-state index in [1.807, 2.05) is 30.3 Å². The maximum Gasteiger partial charge on any atom is 0.352 e. The second-order valence-electron chi connectivity index (χ2n) is 6.57. The van der Waals surface area contributed by atoms with Crippen molar-refractivity contribution in [2.45, 2.75) is 23.0 Å². The van der Waals surface area contributed by atoms with Crippen molar-refractivity contribution in [1.29, 1.82) is 0 Å². The average Bonchev–Trinajstić information content (AvgIpc) is 3.28. The number of aromatic amines is 1. The van der Waals surface area contributed by atoms with Crippen LogP contribution in [0.5, 0.6) is 0 Å². The molecule has 2 aliphatic heterocycles. The van der Waals surface area contributed by atoms with Crippen LogP contribution < -0.4 is 10.6 Å². The number of thioether (sulfide) groups is 2. The number of carbonyl (C=O) groups excluding carboxylic acids is 2. The van der Waals surface area contributed by atoms with Gasteiger partial charge in [-0.2, -0.15) is 0 Å². The third kappa shape index (κ3) is 4.14. The van der Waals surface area contributed by atoms with Crippen LogP contribution in [-0.2, 0) is 16.1 Å². The molecule has 156 valence electrons. The number of fused-ring (bicyclic) bond motifs is 1. The Balaban J connectivity index is 1.38. The Morgan fingerprint density at radius 1 is 1.33 bits per heavy atom. The number of aromatic nitrogens is 3. The first kappa shape index (κ1) is 20.3. The molecule has 0 radical (unpaired) electrons. The first-order valence-corrected chi connectivity index (χ1v) is 11.0. The minimum Gasteiger partial charge on any atom is -0.477 e. The summed E-state index contributed by atoms with van der Waals surface area (Å²) in [4.78, 5) is 38.0. The van der Waals surface area contributed by atoms with Crippen molar-refractivity contribution in [1.82, 2.24) is 30.9 Å². The number of nitrogens with zero attached hydrogens (tertiary/aromatic N) is 3. The zero-order valence-corrected chi connectivity index (χ0v) is 17.2. The molecule has 2 aromatic rings. The summed E-state index contributed by atoms with van der Waals surface area (Å²) in [6, 6.07) is 8.18. The highest BCUT2D eigenvalue weighted by Gasteiger charge is 2.54. The van der Waals surface area contributed by atoms with Gasteiger partial charge in [0.1, 0.15) is 22.1 Å². The average molecular weight is 447 g/mol. The highest BCUT2D eigenvalue weighted by Crippen LogP contribution is 2.41. The van der Waals surface area contributed by atoms with Gasteiger partial charge in [0.05, 0.1) is 6.20 Å². The van der Waals surface area contributed by atoms with Gasteiger partial charge in [0.2, 0.25) is 0 Å². The van der Waals surface area contributed by atoms with E-state index >= 15 is 0 Å². The number of hydrogen-bond donors (Lipinski definition) is 4. The van der Waals surface area contributed by atoms with E-state index in [4.69, 9.17) is 0 Å². The maximum atomic E-state index is 12.6. The Morgan fingerprint density at radius 3 is 2.83 bits per heavy atom. The van der Waals surface area contributed by atoms with Gasteiger partial charge in [0.15, 0.2) is 0 Å². The summed E-state index contributed by atoms with van der Waals surface area (Å²) in [7, 11) is 0. The number of carboxylic acids is 1. The summed E-state index contributed by atoms with van der Waals surface area (Å²) in [5.74, 6) is -0.733. The van der Waals surface area contributed by atoms with Gasteiger partial charge in [-0.15, -0.1) is 28.6 Å². The van der Waals surface area contributed by atoms with Crippen LogP contribution in [0.25, 0.3) is 0 Å². The molecule has 1 aromatic heterocycles. The number of β-lactam (4-membered cyclic amide) rings is 1. The number of urea groups is 1. The molecule has 30 heavy (non-hydrogen) atoms. The number of benzene rings is 1. The summed E-state index contributed by atoms with van der Waals surface area (Å²) in [6.07, 6.45) is 1.55. The normalized spacial score (nSPS) is 20.4. The van der Waals surface area contributed by atoms with E-state index in [-0.39, 0.29) is 5.70 Å². The molecular weight excluding hydrogens is 428 g/mol. The van der Waals surface area contributed by atoms with Crippen LogP contribution in [0.15, 0.2) is 52.8 Å². The van der Waals surface area contributed by atoms with E-state index in [9.17, 15) is 19.5 Å². The zero-order chi connectivity index (χ0) is 21.1. The Morgan fingerprint density at radius 2 is 2.13 bits per heavy atom. The largest absolute Gasteiger partial charge is 0.477 e. The van der Waals surface area contributed by atoms with Gasteiger partial charge in [-0.3, -0.25) is 14.8 Å².